The normalized spacial score (nSPS) is 29.3. The van der Waals surface area contributed by atoms with Gasteiger partial charge in [0.2, 0.25) is 15.9 Å². The highest BCUT2D eigenvalue weighted by molar-refractivity contribution is 7.90. The van der Waals surface area contributed by atoms with Gasteiger partial charge in [0.25, 0.3) is 0 Å². The molecule has 2 aromatic carbocycles. The lowest BCUT2D eigenvalue weighted by molar-refractivity contribution is -0.148. The summed E-state index contributed by atoms with van der Waals surface area (Å²) in [6.45, 7) is 1.86. The molecular weight excluding hydrogens is 571 g/mol. The zero-order chi connectivity index (χ0) is 28.7. The molecule has 10 heteroatoms. The van der Waals surface area contributed by atoms with E-state index in [-0.39, 0.29) is 47.4 Å². The molecule has 2 saturated carbocycles. The van der Waals surface area contributed by atoms with E-state index in [9.17, 15) is 23.1 Å². The third-order valence-corrected chi connectivity index (χ3v) is 11.8. The van der Waals surface area contributed by atoms with E-state index in [1.54, 1.807) is 6.07 Å². The van der Waals surface area contributed by atoms with Crippen LogP contribution in [0.15, 0.2) is 48.5 Å². The predicted molar refractivity (Wildman–Crippen MR) is 156 cm³/mol. The average Bonchev–Trinajstić information content (AvgIpc) is 3.60. The quantitative estimate of drug-likeness (QED) is 0.296. The Kier molecular flexibility index (Phi) is 8.54. The molecule has 3 N–H and O–H groups in total. The maximum atomic E-state index is 13.5. The van der Waals surface area contributed by atoms with E-state index < -0.39 is 21.4 Å². The van der Waals surface area contributed by atoms with Gasteiger partial charge in [-0.15, -0.1) is 0 Å². The van der Waals surface area contributed by atoms with E-state index in [0.29, 0.717) is 42.1 Å². The summed E-state index contributed by atoms with van der Waals surface area (Å²) in [6, 6.07) is 14.7. The van der Waals surface area contributed by atoms with Crippen molar-refractivity contribution in [1.29, 1.82) is 0 Å². The van der Waals surface area contributed by atoms with E-state index in [1.165, 1.54) is 0 Å². The van der Waals surface area contributed by atoms with Crippen LogP contribution >= 0.6 is 23.2 Å². The number of piperidine rings is 1. The third kappa shape index (κ3) is 6.20. The van der Waals surface area contributed by atoms with Crippen LogP contribution in [0.25, 0.3) is 0 Å². The number of halogens is 2. The van der Waals surface area contributed by atoms with Crippen molar-refractivity contribution in [2.45, 2.75) is 87.5 Å². The Morgan fingerprint density at radius 2 is 1.88 bits per heavy atom. The Balaban J connectivity index is 1.45. The number of hydrogen-bond donors (Lipinski definition) is 3. The summed E-state index contributed by atoms with van der Waals surface area (Å²) >= 11 is 12.6. The number of sulfonamides is 1. The molecule has 1 amide bonds. The zero-order valence-corrected chi connectivity index (χ0v) is 24.8. The number of hydrogen-bond acceptors (Lipinski definition) is 4. The number of carbonyl (C=O) groups excluding carboxylic acids is 1. The molecule has 1 aliphatic heterocycles. The summed E-state index contributed by atoms with van der Waals surface area (Å²) in [5.41, 5.74) is 0.969. The number of benzene rings is 2. The molecule has 0 aromatic heterocycles. The zero-order valence-electron chi connectivity index (χ0n) is 22.5. The maximum absolute atomic E-state index is 13.5. The Hall–Kier alpha value is -2.13. The van der Waals surface area contributed by atoms with Gasteiger partial charge in [0.05, 0.1) is 17.1 Å². The summed E-state index contributed by atoms with van der Waals surface area (Å²) < 4.78 is 28.7. The van der Waals surface area contributed by atoms with Gasteiger partial charge in [-0.1, -0.05) is 60.8 Å². The van der Waals surface area contributed by atoms with Gasteiger partial charge >= 0.3 is 5.97 Å². The minimum atomic E-state index is -3.36. The number of carbonyl (C=O) groups is 2. The van der Waals surface area contributed by atoms with Crippen LogP contribution in [0.3, 0.4) is 0 Å². The number of carboxylic acids is 1. The number of carboxylic acid groups (broad SMARTS) is 1. The predicted octanol–water partition coefficient (Wildman–Crippen LogP) is 5.87. The second-order valence-corrected chi connectivity index (χ2v) is 14.6. The summed E-state index contributed by atoms with van der Waals surface area (Å²) in [5, 5.41) is 13.8. The second kappa shape index (κ2) is 11.6. The molecule has 0 spiro atoms. The van der Waals surface area contributed by atoms with Gasteiger partial charge in [0, 0.05) is 28.0 Å². The summed E-state index contributed by atoms with van der Waals surface area (Å²) in [5.74, 6) is -1.36. The molecule has 1 heterocycles. The largest absolute Gasteiger partial charge is 0.481 e. The van der Waals surface area contributed by atoms with Gasteiger partial charge in [-0.05, 0) is 85.8 Å². The van der Waals surface area contributed by atoms with E-state index >= 15 is 0 Å². The van der Waals surface area contributed by atoms with Crippen LogP contribution in [0.4, 0.5) is 0 Å². The van der Waals surface area contributed by atoms with Gasteiger partial charge in [-0.25, -0.2) is 13.1 Å². The first-order valence-electron chi connectivity index (χ1n) is 14.1. The Morgan fingerprint density at radius 1 is 1.15 bits per heavy atom. The number of rotatable bonds is 11. The first-order chi connectivity index (χ1) is 19.0. The van der Waals surface area contributed by atoms with Crippen molar-refractivity contribution >= 4 is 45.1 Å². The molecule has 0 bridgehead atoms. The lowest BCUT2D eigenvalue weighted by Gasteiger charge is -2.44. The van der Waals surface area contributed by atoms with Crippen LogP contribution in [-0.2, 0) is 19.6 Å². The molecule has 3 aliphatic rings. The van der Waals surface area contributed by atoms with Crippen LogP contribution in [0.1, 0.15) is 81.3 Å². The Labute approximate surface area is 246 Å². The van der Waals surface area contributed by atoms with Crippen molar-refractivity contribution in [3.8, 4) is 0 Å². The van der Waals surface area contributed by atoms with Crippen LogP contribution in [0.2, 0.25) is 10.0 Å². The summed E-state index contributed by atoms with van der Waals surface area (Å²) in [4.78, 5) is 25.3. The molecule has 2 aliphatic carbocycles. The third-order valence-electron chi connectivity index (χ3n) is 9.31. The first-order valence-corrected chi connectivity index (χ1v) is 16.4. The fourth-order valence-corrected chi connectivity index (χ4v) is 8.75. The fourth-order valence-electron chi connectivity index (χ4n) is 6.59. The molecular formula is C30H36Cl2N2O5S. The molecule has 5 rings (SSSR count). The van der Waals surface area contributed by atoms with Gasteiger partial charge in [0.1, 0.15) is 0 Å². The van der Waals surface area contributed by atoms with Crippen molar-refractivity contribution in [2.75, 3.05) is 0 Å². The van der Waals surface area contributed by atoms with E-state index in [2.05, 4.69) is 10.0 Å². The maximum Gasteiger partial charge on any atom is 0.304 e. The van der Waals surface area contributed by atoms with Crippen molar-refractivity contribution in [3.63, 3.8) is 0 Å². The highest BCUT2D eigenvalue weighted by Gasteiger charge is 2.51. The smallest absolute Gasteiger partial charge is 0.304 e. The fraction of sp³-hybridized carbons (Fsp3) is 0.533. The Morgan fingerprint density at radius 3 is 2.48 bits per heavy atom. The highest BCUT2D eigenvalue weighted by atomic mass is 35.5. The minimum Gasteiger partial charge on any atom is -0.481 e. The molecule has 2 unspecified atom stereocenters. The number of aliphatic carboxylic acids is 1. The molecule has 6 atom stereocenters. The van der Waals surface area contributed by atoms with Crippen molar-refractivity contribution in [3.05, 3.63) is 69.7 Å². The van der Waals surface area contributed by atoms with Crippen LogP contribution in [-0.4, -0.2) is 42.7 Å². The van der Waals surface area contributed by atoms with E-state index in [1.807, 2.05) is 49.4 Å². The second-order valence-electron chi connectivity index (χ2n) is 11.8. The van der Waals surface area contributed by atoms with Crippen LogP contribution in [0, 0.1) is 11.3 Å². The SMILES string of the molecule is CC[C@@]1(CC(=O)O)C[C@H](c2cccc(Cl)c2)[C@H](C[C@H](c2ccc(Cl)cc2)C2CC2NS(=O)(=O)C2CCC2)NC1=O. The average molecular weight is 608 g/mol. The highest BCUT2D eigenvalue weighted by Crippen LogP contribution is 2.50. The summed E-state index contributed by atoms with van der Waals surface area (Å²) in [6.07, 6.45) is 4.21. The lowest BCUT2D eigenvalue weighted by atomic mass is 9.65. The van der Waals surface area contributed by atoms with Crippen molar-refractivity contribution in [1.82, 2.24) is 10.0 Å². The standard InChI is InChI=1S/C30H36Cl2N2O5S/c1-2-30(17-28(35)36)16-25(19-5-3-6-21(32)13-19)26(33-29(30)37)14-23(18-9-11-20(31)12-10-18)24-15-27(24)34-40(38,39)22-7-4-8-22/h3,5-6,9-13,22-27,34H,2,4,7-8,14-17H2,1H3,(H,33,37)(H,35,36)/t23-,24?,25-,26+,27?,30+/m1/s1. The summed E-state index contributed by atoms with van der Waals surface area (Å²) in [7, 11) is -3.36. The molecule has 40 heavy (non-hydrogen) atoms. The van der Waals surface area contributed by atoms with Crippen LogP contribution in [0.5, 0.6) is 0 Å². The Bertz CT molecular complexity index is 1360. The molecule has 3 fully saturated rings. The minimum absolute atomic E-state index is 0.0352. The van der Waals surface area contributed by atoms with Gasteiger partial charge in [-0.2, -0.15) is 0 Å². The van der Waals surface area contributed by atoms with Crippen LogP contribution < -0.4 is 10.0 Å². The lowest BCUT2D eigenvalue weighted by Crippen LogP contribution is -2.55. The molecule has 1 saturated heterocycles. The van der Waals surface area contributed by atoms with Gasteiger partial charge < -0.3 is 10.4 Å². The first kappa shape index (κ1) is 29.4. The number of nitrogens with one attached hydrogen (secondary N) is 2. The molecule has 0 radical (unpaired) electrons. The van der Waals surface area contributed by atoms with Crippen molar-refractivity contribution < 1.29 is 23.1 Å². The topological polar surface area (TPSA) is 113 Å². The molecule has 7 nitrogen and oxygen atoms in total. The molecule has 2 aromatic rings. The van der Waals surface area contributed by atoms with Gasteiger partial charge in [0.15, 0.2) is 0 Å². The molecule has 216 valence electrons. The van der Waals surface area contributed by atoms with E-state index in [4.69, 9.17) is 23.2 Å². The monoisotopic (exact) mass is 606 g/mol. The van der Waals surface area contributed by atoms with E-state index in [0.717, 1.165) is 24.0 Å². The number of amides is 1. The van der Waals surface area contributed by atoms with Crippen molar-refractivity contribution in [2.24, 2.45) is 11.3 Å². The van der Waals surface area contributed by atoms with Gasteiger partial charge in [-0.3, -0.25) is 9.59 Å².